The Morgan fingerprint density at radius 1 is 1.17 bits per heavy atom. The summed E-state index contributed by atoms with van der Waals surface area (Å²) in [7, 11) is 4.98. The standard InChI is InChI=1S/C16H20Cl2N2O3/c1-19(2)15(21)10-4-6-20(7-5-10)16(22)11-8-12(17)14(23-3)13(18)9-11/h8-10H,4-7H2,1-3H3. The van der Waals surface area contributed by atoms with Crippen LogP contribution in [0.25, 0.3) is 0 Å². The fourth-order valence-corrected chi connectivity index (χ4v) is 3.40. The molecule has 23 heavy (non-hydrogen) atoms. The predicted molar refractivity (Wildman–Crippen MR) is 90.3 cm³/mol. The van der Waals surface area contributed by atoms with Gasteiger partial charge in [-0.1, -0.05) is 23.2 Å². The van der Waals surface area contributed by atoms with E-state index in [1.807, 2.05) is 0 Å². The Balaban J connectivity index is 2.07. The van der Waals surface area contributed by atoms with Gasteiger partial charge in [-0.05, 0) is 25.0 Å². The lowest BCUT2D eigenvalue weighted by atomic mass is 9.95. The third kappa shape index (κ3) is 3.90. The highest BCUT2D eigenvalue weighted by atomic mass is 35.5. The Morgan fingerprint density at radius 2 is 1.70 bits per heavy atom. The number of ether oxygens (including phenoxy) is 1. The number of halogens is 2. The average molecular weight is 359 g/mol. The number of hydrogen-bond acceptors (Lipinski definition) is 3. The molecule has 0 radical (unpaired) electrons. The first-order valence-corrected chi connectivity index (χ1v) is 8.14. The highest BCUT2D eigenvalue weighted by molar-refractivity contribution is 6.37. The van der Waals surface area contributed by atoms with Gasteiger partial charge in [-0.25, -0.2) is 0 Å². The summed E-state index contributed by atoms with van der Waals surface area (Å²) in [4.78, 5) is 27.9. The molecule has 2 amide bonds. The number of rotatable bonds is 3. The Bertz CT molecular complexity index is 588. The molecule has 1 aliphatic rings. The summed E-state index contributed by atoms with van der Waals surface area (Å²) < 4.78 is 5.09. The van der Waals surface area contributed by atoms with Crippen molar-refractivity contribution in [3.8, 4) is 5.75 Å². The zero-order valence-corrected chi connectivity index (χ0v) is 14.9. The number of nitrogens with zero attached hydrogens (tertiary/aromatic N) is 2. The SMILES string of the molecule is COc1c(Cl)cc(C(=O)N2CCC(C(=O)N(C)C)CC2)cc1Cl. The molecule has 126 valence electrons. The Morgan fingerprint density at radius 3 is 2.13 bits per heavy atom. The molecular weight excluding hydrogens is 339 g/mol. The highest BCUT2D eigenvalue weighted by Gasteiger charge is 2.29. The molecule has 1 heterocycles. The Labute approximate surface area is 146 Å². The third-order valence-corrected chi connectivity index (χ3v) is 4.58. The van der Waals surface area contributed by atoms with Gasteiger partial charge < -0.3 is 14.5 Å². The molecule has 1 aromatic rings. The molecule has 0 aromatic heterocycles. The van der Waals surface area contributed by atoms with Crippen molar-refractivity contribution in [3.63, 3.8) is 0 Å². The van der Waals surface area contributed by atoms with Gasteiger partial charge in [0, 0.05) is 38.7 Å². The Kier molecular flexibility index (Phi) is 5.76. The smallest absolute Gasteiger partial charge is 0.253 e. The first-order valence-electron chi connectivity index (χ1n) is 7.38. The Hall–Kier alpha value is -1.46. The summed E-state index contributed by atoms with van der Waals surface area (Å²) in [6.45, 7) is 1.09. The maximum Gasteiger partial charge on any atom is 0.253 e. The van der Waals surface area contributed by atoms with E-state index in [-0.39, 0.29) is 17.7 Å². The first kappa shape index (κ1) is 17.9. The van der Waals surface area contributed by atoms with Gasteiger partial charge in [0.2, 0.25) is 5.91 Å². The fourth-order valence-electron chi connectivity index (χ4n) is 2.76. The van der Waals surface area contributed by atoms with E-state index in [4.69, 9.17) is 27.9 Å². The normalized spacial score (nSPS) is 15.4. The minimum atomic E-state index is -0.132. The van der Waals surface area contributed by atoms with Crippen molar-refractivity contribution in [2.75, 3.05) is 34.3 Å². The minimum absolute atomic E-state index is 0.0166. The topological polar surface area (TPSA) is 49.9 Å². The van der Waals surface area contributed by atoms with Crippen molar-refractivity contribution in [1.29, 1.82) is 0 Å². The van der Waals surface area contributed by atoms with Crippen LogP contribution in [-0.4, -0.2) is 55.9 Å². The molecule has 0 bridgehead atoms. The lowest BCUT2D eigenvalue weighted by Gasteiger charge is -2.32. The molecule has 0 spiro atoms. The zero-order chi connectivity index (χ0) is 17.1. The van der Waals surface area contributed by atoms with E-state index in [0.717, 1.165) is 0 Å². The molecule has 5 nitrogen and oxygen atoms in total. The van der Waals surface area contributed by atoms with Crippen molar-refractivity contribution in [3.05, 3.63) is 27.7 Å². The molecule has 0 N–H and O–H groups in total. The van der Waals surface area contributed by atoms with E-state index in [1.165, 1.54) is 7.11 Å². The second-order valence-corrected chi connectivity index (χ2v) is 6.59. The van der Waals surface area contributed by atoms with Gasteiger partial charge in [0.15, 0.2) is 5.75 Å². The molecule has 1 fully saturated rings. The van der Waals surface area contributed by atoms with Crippen LogP contribution in [0, 0.1) is 5.92 Å². The molecule has 0 unspecified atom stereocenters. The number of piperidine rings is 1. The molecule has 1 aromatic carbocycles. The molecule has 1 saturated heterocycles. The van der Waals surface area contributed by atoms with Crippen molar-refractivity contribution >= 4 is 35.0 Å². The second kappa shape index (κ2) is 7.41. The molecule has 1 aliphatic heterocycles. The van der Waals surface area contributed by atoms with E-state index in [9.17, 15) is 9.59 Å². The zero-order valence-electron chi connectivity index (χ0n) is 13.4. The van der Waals surface area contributed by atoms with Crippen molar-refractivity contribution in [2.45, 2.75) is 12.8 Å². The summed E-state index contributed by atoms with van der Waals surface area (Å²) in [5.41, 5.74) is 0.429. The van der Waals surface area contributed by atoms with E-state index >= 15 is 0 Å². The van der Waals surface area contributed by atoms with Gasteiger partial charge in [0.25, 0.3) is 5.91 Å². The maximum atomic E-state index is 12.6. The van der Waals surface area contributed by atoms with Crippen LogP contribution in [0.15, 0.2) is 12.1 Å². The molecular formula is C16H20Cl2N2O3. The van der Waals surface area contributed by atoms with Crippen LogP contribution < -0.4 is 4.74 Å². The monoisotopic (exact) mass is 358 g/mol. The maximum absolute atomic E-state index is 12.6. The number of hydrogen-bond donors (Lipinski definition) is 0. The average Bonchev–Trinajstić information content (AvgIpc) is 2.53. The largest absolute Gasteiger partial charge is 0.494 e. The van der Waals surface area contributed by atoms with Crippen LogP contribution in [0.5, 0.6) is 5.75 Å². The number of methoxy groups -OCH3 is 1. The van der Waals surface area contributed by atoms with Gasteiger partial charge in [-0.3, -0.25) is 9.59 Å². The molecule has 0 aliphatic carbocycles. The van der Waals surface area contributed by atoms with Crippen LogP contribution in [0.3, 0.4) is 0 Å². The van der Waals surface area contributed by atoms with Crippen molar-refractivity contribution in [2.24, 2.45) is 5.92 Å². The van der Waals surface area contributed by atoms with Crippen molar-refractivity contribution in [1.82, 2.24) is 9.80 Å². The van der Waals surface area contributed by atoms with Gasteiger partial charge in [0.05, 0.1) is 17.2 Å². The molecule has 7 heteroatoms. The second-order valence-electron chi connectivity index (χ2n) is 5.77. The number of carbonyl (C=O) groups is 2. The van der Waals surface area contributed by atoms with Crippen LogP contribution in [0.4, 0.5) is 0 Å². The van der Waals surface area contributed by atoms with Crippen molar-refractivity contribution < 1.29 is 14.3 Å². The highest BCUT2D eigenvalue weighted by Crippen LogP contribution is 2.34. The predicted octanol–water partition coefficient (Wildman–Crippen LogP) is 2.94. The first-order chi connectivity index (χ1) is 10.8. The van der Waals surface area contributed by atoms with Crippen LogP contribution >= 0.6 is 23.2 Å². The lowest BCUT2D eigenvalue weighted by molar-refractivity contribution is -0.134. The van der Waals surface area contributed by atoms with Gasteiger partial charge >= 0.3 is 0 Å². The van der Waals surface area contributed by atoms with Gasteiger partial charge in [-0.15, -0.1) is 0 Å². The summed E-state index contributed by atoms with van der Waals surface area (Å²) in [6.07, 6.45) is 1.33. The molecule has 2 rings (SSSR count). The van der Waals surface area contributed by atoms with Crippen LogP contribution in [-0.2, 0) is 4.79 Å². The van der Waals surface area contributed by atoms with E-state index in [2.05, 4.69) is 0 Å². The summed E-state index contributed by atoms with van der Waals surface area (Å²) >= 11 is 12.2. The molecule has 0 atom stereocenters. The van der Waals surface area contributed by atoms with Gasteiger partial charge in [0.1, 0.15) is 0 Å². The van der Waals surface area contributed by atoms with E-state index < -0.39 is 0 Å². The third-order valence-electron chi connectivity index (χ3n) is 4.02. The number of carbonyl (C=O) groups excluding carboxylic acids is 2. The quantitative estimate of drug-likeness (QED) is 0.834. The number of benzene rings is 1. The van der Waals surface area contributed by atoms with Gasteiger partial charge in [-0.2, -0.15) is 0 Å². The van der Waals surface area contributed by atoms with E-state index in [0.29, 0.717) is 47.3 Å². The summed E-state index contributed by atoms with van der Waals surface area (Å²) in [6, 6.07) is 3.12. The number of likely N-dealkylation sites (tertiary alicyclic amines) is 1. The van der Waals surface area contributed by atoms with E-state index in [1.54, 1.807) is 36.0 Å². The minimum Gasteiger partial charge on any atom is -0.494 e. The summed E-state index contributed by atoms with van der Waals surface area (Å²) in [5, 5.41) is 0.613. The van der Waals surface area contributed by atoms with Crippen LogP contribution in [0.1, 0.15) is 23.2 Å². The van der Waals surface area contributed by atoms with Crippen LogP contribution in [0.2, 0.25) is 10.0 Å². The fraction of sp³-hybridized carbons (Fsp3) is 0.500. The lowest BCUT2D eigenvalue weighted by Crippen LogP contribution is -2.42. The molecule has 0 saturated carbocycles. The number of amides is 2. The summed E-state index contributed by atoms with van der Waals surface area (Å²) in [5.74, 6) is 0.331.